The maximum Gasteiger partial charge on any atom is 0.334 e. The molecule has 27 heavy (non-hydrogen) atoms. The van der Waals surface area contributed by atoms with E-state index in [0.29, 0.717) is 6.54 Å². The molecule has 9 nitrogen and oxygen atoms in total. The van der Waals surface area contributed by atoms with Gasteiger partial charge in [0.25, 0.3) is 5.69 Å². The van der Waals surface area contributed by atoms with Crippen LogP contribution in [0.3, 0.4) is 0 Å². The Morgan fingerprint density at radius 2 is 2.00 bits per heavy atom. The number of amides is 2. The lowest BCUT2D eigenvalue weighted by molar-refractivity contribution is -0.384. The molecule has 0 aliphatic heterocycles. The summed E-state index contributed by atoms with van der Waals surface area (Å²) in [5.41, 5.74) is -0.104. The van der Waals surface area contributed by atoms with Gasteiger partial charge in [-0.3, -0.25) is 10.1 Å². The van der Waals surface area contributed by atoms with Crippen LogP contribution in [0.25, 0.3) is 0 Å². The fourth-order valence-electron chi connectivity index (χ4n) is 2.16. The number of ether oxygens (including phenoxy) is 1. The first-order valence-corrected chi connectivity index (χ1v) is 9.02. The van der Waals surface area contributed by atoms with E-state index in [1.807, 2.05) is 5.38 Å². The van der Waals surface area contributed by atoms with E-state index in [1.165, 1.54) is 40.5 Å². The molecular formula is C17H20N4O5S. The number of benzene rings is 1. The molecule has 0 aliphatic rings. The number of nitrogens with zero attached hydrogens (tertiary/aromatic N) is 3. The number of nitro benzene ring substituents is 1. The molecule has 0 unspecified atom stereocenters. The van der Waals surface area contributed by atoms with Gasteiger partial charge in [-0.1, -0.05) is 13.8 Å². The molecule has 144 valence electrons. The predicted molar refractivity (Wildman–Crippen MR) is 99.5 cm³/mol. The molecule has 0 fully saturated rings. The van der Waals surface area contributed by atoms with Gasteiger partial charge in [-0.25, -0.2) is 14.6 Å². The van der Waals surface area contributed by atoms with Crippen LogP contribution in [-0.4, -0.2) is 39.9 Å². The fraction of sp³-hybridized carbons (Fsp3) is 0.353. The Balaban J connectivity index is 1.99. The number of rotatable bonds is 7. The molecule has 2 amide bonds. The van der Waals surface area contributed by atoms with Crippen LogP contribution in [0.2, 0.25) is 0 Å². The average Bonchev–Trinajstić information content (AvgIpc) is 3.12. The summed E-state index contributed by atoms with van der Waals surface area (Å²) in [6.45, 7) is 3.89. The highest BCUT2D eigenvalue weighted by atomic mass is 32.1. The zero-order chi connectivity index (χ0) is 20.0. The minimum Gasteiger partial charge on any atom is -0.425 e. The summed E-state index contributed by atoms with van der Waals surface area (Å²) in [4.78, 5) is 40.5. The lowest BCUT2D eigenvalue weighted by atomic mass is 10.1. The SMILES string of the molecule is CC(C)[C@H](NC(=O)N(C)Cc1nccs1)C(=O)Oc1ccc([N+](=O)[O-])cc1. The van der Waals surface area contributed by atoms with Crippen LogP contribution in [0.5, 0.6) is 5.75 Å². The zero-order valence-electron chi connectivity index (χ0n) is 15.1. The number of nitro groups is 1. The number of non-ortho nitro benzene ring substituents is 1. The molecule has 1 aromatic carbocycles. The maximum atomic E-state index is 12.4. The molecule has 0 bridgehead atoms. The third-order valence-corrected chi connectivity index (χ3v) is 4.43. The zero-order valence-corrected chi connectivity index (χ0v) is 15.9. The van der Waals surface area contributed by atoms with Gasteiger partial charge in [0.05, 0.1) is 11.5 Å². The largest absolute Gasteiger partial charge is 0.425 e. The lowest BCUT2D eigenvalue weighted by Crippen LogP contribution is -2.50. The van der Waals surface area contributed by atoms with Gasteiger partial charge in [-0.05, 0) is 18.1 Å². The first kappa shape index (κ1) is 20.3. The Kier molecular flexibility index (Phi) is 6.83. The van der Waals surface area contributed by atoms with Crippen molar-refractivity contribution in [3.63, 3.8) is 0 Å². The molecule has 1 aromatic heterocycles. The van der Waals surface area contributed by atoms with Crippen molar-refractivity contribution < 1.29 is 19.2 Å². The van der Waals surface area contributed by atoms with E-state index in [1.54, 1.807) is 27.1 Å². The number of esters is 1. The molecule has 0 saturated heterocycles. The minimum absolute atomic E-state index is 0.104. The van der Waals surface area contributed by atoms with Crippen molar-refractivity contribution in [3.05, 3.63) is 51.0 Å². The average molecular weight is 392 g/mol. The minimum atomic E-state index is -0.869. The molecule has 0 saturated carbocycles. The number of thiazole rings is 1. The van der Waals surface area contributed by atoms with Crippen LogP contribution in [0.1, 0.15) is 18.9 Å². The molecule has 0 aliphatic carbocycles. The molecule has 1 heterocycles. The highest BCUT2D eigenvalue weighted by Crippen LogP contribution is 2.18. The summed E-state index contributed by atoms with van der Waals surface area (Å²) in [6.07, 6.45) is 1.66. The first-order chi connectivity index (χ1) is 12.8. The summed E-state index contributed by atoms with van der Waals surface area (Å²) in [5, 5.41) is 15.9. The number of carbonyl (C=O) groups is 2. The van der Waals surface area contributed by atoms with Crippen molar-refractivity contribution in [2.75, 3.05) is 7.05 Å². The van der Waals surface area contributed by atoms with E-state index in [4.69, 9.17) is 4.74 Å². The van der Waals surface area contributed by atoms with Crippen LogP contribution in [0.4, 0.5) is 10.5 Å². The van der Waals surface area contributed by atoms with Crippen molar-refractivity contribution >= 4 is 29.0 Å². The van der Waals surface area contributed by atoms with E-state index in [-0.39, 0.29) is 17.4 Å². The van der Waals surface area contributed by atoms with E-state index < -0.39 is 23.0 Å². The van der Waals surface area contributed by atoms with Gasteiger partial charge in [0.1, 0.15) is 16.8 Å². The normalized spacial score (nSPS) is 11.7. The second kappa shape index (κ2) is 9.08. The molecule has 1 N–H and O–H groups in total. The highest BCUT2D eigenvalue weighted by molar-refractivity contribution is 7.09. The van der Waals surface area contributed by atoms with Gasteiger partial charge in [0, 0.05) is 30.8 Å². The predicted octanol–water partition coefficient (Wildman–Crippen LogP) is 2.82. The smallest absolute Gasteiger partial charge is 0.334 e. The third kappa shape index (κ3) is 5.74. The van der Waals surface area contributed by atoms with E-state index in [0.717, 1.165) is 5.01 Å². The van der Waals surface area contributed by atoms with E-state index in [9.17, 15) is 19.7 Å². The Morgan fingerprint density at radius 3 is 2.52 bits per heavy atom. The maximum absolute atomic E-state index is 12.4. The summed E-state index contributed by atoms with van der Waals surface area (Å²) < 4.78 is 5.25. The number of urea groups is 1. The summed E-state index contributed by atoms with van der Waals surface area (Å²) in [7, 11) is 1.61. The van der Waals surface area contributed by atoms with Crippen molar-refractivity contribution in [3.8, 4) is 5.75 Å². The molecule has 10 heteroatoms. The van der Waals surface area contributed by atoms with Gasteiger partial charge < -0.3 is 15.0 Å². The molecule has 1 atom stereocenters. The Labute approximate surface area is 160 Å². The monoisotopic (exact) mass is 392 g/mol. The topological polar surface area (TPSA) is 115 Å². The number of hydrogen-bond acceptors (Lipinski definition) is 7. The van der Waals surface area contributed by atoms with Gasteiger partial charge in [-0.15, -0.1) is 11.3 Å². The van der Waals surface area contributed by atoms with Gasteiger partial charge in [-0.2, -0.15) is 0 Å². The highest BCUT2D eigenvalue weighted by Gasteiger charge is 2.27. The summed E-state index contributed by atoms with van der Waals surface area (Å²) >= 11 is 1.43. The first-order valence-electron chi connectivity index (χ1n) is 8.14. The van der Waals surface area contributed by atoms with Crippen LogP contribution < -0.4 is 10.1 Å². The molecular weight excluding hydrogens is 372 g/mol. The molecule has 2 rings (SSSR count). The van der Waals surface area contributed by atoms with Gasteiger partial charge in [0.15, 0.2) is 0 Å². The van der Waals surface area contributed by atoms with Crippen molar-refractivity contribution in [1.82, 2.24) is 15.2 Å². The van der Waals surface area contributed by atoms with Gasteiger partial charge in [0.2, 0.25) is 0 Å². The Bertz CT molecular complexity index is 792. The summed E-state index contributed by atoms with van der Waals surface area (Å²) in [5.74, 6) is -0.691. The lowest BCUT2D eigenvalue weighted by Gasteiger charge is -2.24. The van der Waals surface area contributed by atoms with Crippen molar-refractivity contribution in [2.45, 2.75) is 26.4 Å². The second-order valence-corrected chi connectivity index (χ2v) is 7.10. The quantitative estimate of drug-likeness (QED) is 0.335. The summed E-state index contributed by atoms with van der Waals surface area (Å²) in [6, 6.07) is 3.87. The fourth-order valence-corrected chi connectivity index (χ4v) is 2.83. The van der Waals surface area contributed by atoms with Crippen molar-refractivity contribution in [2.24, 2.45) is 5.92 Å². The van der Waals surface area contributed by atoms with Crippen LogP contribution in [0.15, 0.2) is 35.8 Å². The molecule has 0 spiro atoms. The molecule has 2 aromatic rings. The second-order valence-electron chi connectivity index (χ2n) is 6.13. The number of nitrogens with one attached hydrogen (secondary N) is 1. The Hall–Kier alpha value is -3.01. The van der Waals surface area contributed by atoms with Crippen LogP contribution >= 0.6 is 11.3 Å². The van der Waals surface area contributed by atoms with Crippen LogP contribution in [-0.2, 0) is 11.3 Å². The van der Waals surface area contributed by atoms with Gasteiger partial charge >= 0.3 is 12.0 Å². The third-order valence-electron chi connectivity index (χ3n) is 3.67. The number of aromatic nitrogens is 1. The van der Waals surface area contributed by atoms with E-state index in [2.05, 4.69) is 10.3 Å². The number of hydrogen-bond donors (Lipinski definition) is 1. The van der Waals surface area contributed by atoms with Crippen molar-refractivity contribution in [1.29, 1.82) is 0 Å². The standard InChI is InChI=1S/C17H20N4O5S/c1-11(2)15(19-17(23)20(3)10-14-18-8-9-27-14)16(22)26-13-6-4-12(5-7-13)21(24)25/h4-9,11,15H,10H2,1-3H3,(H,19,23)/t15-/m0/s1. The van der Waals surface area contributed by atoms with Crippen LogP contribution in [0, 0.1) is 16.0 Å². The number of carbonyl (C=O) groups excluding carboxylic acids is 2. The molecule has 0 radical (unpaired) electrons. The van der Waals surface area contributed by atoms with E-state index >= 15 is 0 Å². The Morgan fingerprint density at radius 1 is 1.33 bits per heavy atom.